The minimum atomic E-state index is -4.20. The first-order valence-corrected chi connectivity index (χ1v) is 7.96. The van der Waals surface area contributed by atoms with E-state index < -0.39 is 18.6 Å². The molecular formula is C17H22F3N5O. The molecule has 0 unspecified atom stereocenters. The van der Waals surface area contributed by atoms with Crippen LogP contribution in [0.15, 0.2) is 49.4 Å². The van der Waals surface area contributed by atoms with E-state index in [1.165, 1.54) is 0 Å². The van der Waals surface area contributed by atoms with Gasteiger partial charge in [0, 0.05) is 38.1 Å². The van der Waals surface area contributed by atoms with Crippen LogP contribution in [0.3, 0.4) is 0 Å². The Kier molecular flexibility index (Phi) is 8.90. The summed E-state index contributed by atoms with van der Waals surface area (Å²) in [7, 11) is 0. The van der Waals surface area contributed by atoms with Gasteiger partial charge in [-0.1, -0.05) is 6.08 Å². The van der Waals surface area contributed by atoms with Gasteiger partial charge in [-0.2, -0.15) is 18.3 Å². The summed E-state index contributed by atoms with van der Waals surface area (Å²) >= 11 is 0. The highest BCUT2D eigenvalue weighted by Crippen LogP contribution is 2.20. The number of hydrogen-bond donors (Lipinski definition) is 2. The number of urea groups is 1. The molecule has 0 bridgehead atoms. The number of rotatable bonds is 6. The quantitative estimate of drug-likeness (QED) is 0.604. The van der Waals surface area contributed by atoms with Crippen molar-refractivity contribution in [3.05, 3.63) is 55.0 Å². The fraction of sp³-hybridized carbons (Fsp3) is 0.353. The summed E-state index contributed by atoms with van der Waals surface area (Å²) in [5, 5.41) is 9.02. The first-order valence-electron chi connectivity index (χ1n) is 7.96. The molecular weight excluding hydrogens is 347 g/mol. The van der Waals surface area contributed by atoms with Crippen LogP contribution in [0.2, 0.25) is 0 Å². The Morgan fingerprint density at radius 3 is 2.69 bits per heavy atom. The Morgan fingerprint density at radius 1 is 1.35 bits per heavy atom. The first kappa shape index (κ1) is 21.2. The SMILES string of the molecule is C=CC.O=C(NCCCC(F)(F)F)NCc1ccnc(-n2cccn2)c1. The molecule has 0 saturated carbocycles. The highest BCUT2D eigenvalue weighted by molar-refractivity contribution is 5.73. The van der Waals surface area contributed by atoms with Crippen LogP contribution in [-0.4, -0.2) is 33.5 Å². The predicted octanol–water partition coefficient (Wildman–Crippen LogP) is 3.60. The molecule has 9 heteroatoms. The lowest BCUT2D eigenvalue weighted by atomic mass is 10.2. The summed E-state index contributed by atoms with van der Waals surface area (Å²) in [4.78, 5) is 15.7. The van der Waals surface area contributed by atoms with Gasteiger partial charge in [0.15, 0.2) is 5.82 Å². The monoisotopic (exact) mass is 369 g/mol. The van der Waals surface area contributed by atoms with E-state index in [0.717, 1.165) is 5.56 Å². The lowest BCUT2D eigenvalue weighted by molar-refractivity contribution is -0.135. The van der Waals surface area contributed by atoms with Crippen LogP contribution in [0.5, 0.6) is 0 Å². The molecule has 0 aliphatic carbocycles. The highest BCUT2D eigenvalue weighted by Gasteiger charge is 2.25. The zero-order valence-electron chi connectivity index (χ0n) is 14.5. The second kappa shape index (κ2) is 10.9. The van der Waals surface area contributed by atoms with Gasteiger partial charge >= 0.3 is 12.2 Å². The molecule has 0 aliphatic rings. The number of pyridine rings is 1. The van der Waals surface area contributed by atoms with Crippen molar-refractivity contribution in [1.82, 2.24) is 25.4 Å². The Bertz CT molecular complexity index is 671. The van der Waals surface area contributed by atoms with Crippen LogP contribution in [-0.2, 0) is 6.54 Å². The number of nitrogens with one attached hydrogen (secondary N) is 2. The maximum atomic E-state index is 12.0. The summed E-state index contributed by atoms with van der Waals surface area (Å²) in [6, 6.07) is 4.75. The van der Waals surface area contributed by atoms with Crippen molar-refractivity contribution in [1.29, 1.82) is 0 Å². The van der Waals surface area contributed by atoms with Crippen LogP contribution in [0.25, 0.3) is 5.82 Å². The third-order valence-electron chi connectivity index (χ3n) is 2.92. The van der Waals surface area contributed by atoms with E-state index in [1.54, 1.807) is 47.5 Å². The molecule has 6 nitrogen and oxygen atoms in total. The normalized spacial score (nSPS) is 10.5. The van der Waals surface area contributed by atoms with Gasteiger partial charge < -0.3 is 10.6 Å². The maximum absolute atomic E-state index is 12.0. The largest absolute Gasteiger partial charge is 0.389 e. The van der Waals surface area contributed by atoms with Gasteiger partial charge in [-0.25, -0.2) is 14.5 Å². The highest BCUT2D eigenvalue weighted by atomic mass is 19.4. The molecule has 2 aromatic rings. The number of carbonyl (C=O) groups is 1. The van der Waals surface area contributed by atoms with E-state index in [9.17, 15) is 18.0 Å². The lowest BCUT2D eigenvalue weighted by Gasteiger charge is -2.09. The fourth-order valence-corrected chi connectivity index (χ4v) is 1.84. The number of aromatic nitrogens is 3. The fourth-order valence-electron chi connectivity index (χ4n) is 1.84. The lowest BCUT2D eigenvalue weighted by Crippen LogP contribution is -2.35. The molecule has 2 amide bonds. The number of amides is 2. The Labute approximate surface area is 150 Å². The molecule has 0 atom stereocenters. The zero-order chi connectivity index (χ0) is 19.4. The number of hydrogen-bond acceptors (Lipinski definition) is 3. The Balaban J connectivity index is 0.00000105. The van der Waals surface area contributed by atoms with Gasteiger partial charge in [0.1, 0.15) is 0 Å². The molecule has 26 heavy (non-hydrogen) atoms. The number of allylic oxidation sites excluding steroid dienone is 1. The Morgan fingerprint density at radius 2 is 2.08 bits per heavy atom. The Hall–Kier alpha value is -2.84. The van der Waals surface area contributed by atoms with Crippen LogP contribution in [0, 0.1) is 0 Å². The molecule has 2 heterocycles. The molecule has 2 N–H and O–H groups in total. The van der Waals surface area contributed by atoms with E-state index in [-0.39, 0.29) is 19.5 Å². The summed E-state index contributed by atoms with van der Waals surface area (Å²) < 4.78 is 37.5. The minimum Gasteiger partial charge on any atom is -0.338 e. The van der Waals surface area contributed by atoms with Crippen molar-refractivity contribution in [2.45, 2.75) is 32.5 Å². The van der Waals surface area contributed by atoms with Gasteiger partial charge in [-0.15, -0.1) is 6.58 Å². The summed E-state index contributed by atoms with van der Waals surface area (Å²) in [6.45, 7) is 5.46. The van der Waals surface area contributed by atoms with Crippen LogP contribution < -0.4 is 10.6 Å². The molecule has 0 radical (unpaired) electrons. The first-order chi connectivity index (χ1) is 12.4. The van der Waals surface area contributed by atoms with Crippen LogP contribution in [0.4, 0.5) is 18.0 Å². The zero-order valence-corrected chi connectivity index (χ0v) is 14.5. The van der Waals surface area contributed by atoms with Crippen molar-refractivity contribution >= 4 is 6.03 Å². The molecule has 0 spiro atoms. The number of nitrogens with zero attached hydrogens (tertiary/aromatic N) is 3. The third-order valence-corrected chi connectivity index (χ3v) is 2.92. The summed E-state index contributed by atoms with van der Waals surface area (Å²) in [6.07, 6.45) is 1.46. The summed E-state index contributed by atoms with van der Waals surface area (Å²) in [5.74, 6) is 0.611. The number of alkyl halides is 3. The van der Waals surface area contributed by atoms with E-state index in [1.807, 2.05) is 6.92 Å². The van der Waals surface area contributed by atoms with Crippen molar-refractivity contribution in [3.63, 3.8) is 0 Å². The van der Waals surface area contributed by atoms with Crippen LogP contribution >= 0.6 is 0 Å². The van der Waals surface area contributed by atoms with Gasteiger partial charge in [0.25, 0.3) is 0 Å². The summed E-state index contributed by atoms with van der Waals surface area (Å²) in [5.41, 5.74) is 0.802. The van der Waals surface area contributed by atoms with Gasteiger partial charge in [0.2, 0.25) is 0 Å². The van der Waals surface area contributed by atoms with E-state index in [2.05, 4.69) is 27.3 Å². The molecule has 142 valence electrons. The minimum absolute atomic E-state index is 0.0276. The number of halogens is 3. The molecule has 0 aromatic carbocycles. The second-order valence-electron chi connectivity index (χ2n) is 5.21. The van der Waals surface area contributed by atoms with Crippen molar-refractivity contribution < 1.29 is 18.0 Å². The standard InChI is InChI=1S/C14H16F3N5O.C3H6/c15-14(16,17)4-1-5-19-13(23)20-10-11-3-7-18-12(9-11)22-8-2-6-21-22;1-3-2/h2-3,6-9H,1,4-5,10H2,(H2,19,20,23);3H,1H2,2H3. The van der Waals surface area contributed by atoms with E-state index in [0.29, 0.717) is 5.82 Å². The van der Waals surface area contributed by atoms with E-state index in [4.69, 9.17) is 0 Å². The molecule has 0 saturated heterocycles. The average Bonchev–Trinajstić information content (AvgIpc) is 3.12. The van der Waals surface area contributed by atoms with Gasteiger partial charge in [-0.3, -0.25) is 0 Å². The molecule has 0 fully saturated rings. The average molecular weight is 369 g/mol. The third kappa shape index (κ3) is 8.86. The molecule has 2 rings (SSSR count). The van der Waals surface area contributed by atoms with Crippen molar-refractivity contribution in [2.75, 3.05) is 6.54 Å². The van der Waals surface area contributed by atoms with E-state index >= 15 is 0 Å². The number of carbonyl (C=O) groups excluding carboxylic acids is 1. The van der Waals surface area contributed by atoms with Crippen molar-refractivity contribution in [3.8, 4) is 5.82 Å². The van der Waals surface area contributed by atoms with Crippen LogP contribution in [0.1, 0.15) is 25.3 Å². The second-order valence-corrected chi connectivity index (χ2v) is 5.21. The molecule has 0 aliphatic heterocycles. The molecule has 2 aromatic heterocycles. The predicted molar refractivity (Wildman–Crippen MR) is 92.8 cm³/mol. The van der Waals surface area contributed by atoms with Gasteiger partial charge in [0.05, 0.1) is 0 Å². The van der Waals surface area contributed by atoms with Crippen molar-refractivity contribution in [2.24, 2.45) is 0 Å². The smallest absolute Gasteiger partial charge is 0.338 e. The topological polar surface area (TPSA) is 71.8 Å². The van der Waals surface area contributed by atoms with Gasteiger partial charge in [-0.05, 0) is 37.1 Å². The maximum Gasteiger partial charge on any atom is 0.389 e.